The van der Waals surface area contributed by atoms with E-state index in [1.807, 2.05) is 18.3 Å². The van der Waals surface area contributed by atoms with Crippen molar-refractivity contribution in [2.75, 3.05) is 25.4 Å². The molecule has 0 bridgehead atoms. The van der Waals surface area contributed by atoms with Gasteiger partial charge in [0, 0.05) is 36.8 Å². The Hall–Kier alpha value is -2.55. The van der Waals surface area contributed by atoms with Crippen molar-refractivity contribution in [3.05, 3.63) is 59.0 Å². The molecule has 36 heavy (non-hydrogen) atoms. The highest BCUT2D eigenvalue weighted by atomic mass is 32.2. The number of hydrogen-bond donors (Lipinski definition) is 2. The van der Waals surface area contributed by atoms with Gasteiger partial charge in [-0.1, -0.05) is 20.3 Å². The number of piperidine rings is 1. The Bertz CT molecular complexity index is 1330. The van der Waals surface area contributed by atoms with E-state index in [9.17, 15) is 17.6 Å². The van der Waals surface area contributed by atoms with Gasteiger partial charge in [0.1, 0.15) is 5.82 Å². The van der Waals surface area contributed by atoms with Gasteiger partial charge in [-0.2, -0.15) is 0 Å². The fraction of sp³-hybridized carbons (Fsp3) is 0.464. The van der Waals surface area contributed by atoms with Crippen molar-refractivity contribution >= 4 is 27.2 Å². The van der Waals surface area contributed by atoms with E-state index >= 15 is 0 Å². The summed E-state index contributed by atoms with van der Waals surface area (Å²) in [5, 5.41) is 4.34. The van der Waals surface area contributed by atoms with Crippen LogP contribution in [-0.2, 0) is 16.6 Å². The molecule has 0 unspecified atom stereocenters. The van der Waals surface area contributed by atoms with Crippen LogP contribution in [-0.4, -0.2) is 49.4 Å². The SMILES string of the molecule is CC[C@H](C)CNCc1cc(F)cc(-c2cc(C=O)c3[nH]cc(C4CCN(S(=O)(=O)CC)CC4)c3c2)c1. The van der Waals surface area contributed by atoms with Gasteiger partial charge in [-0.15, -0.1) is 0 Å². The Labute approximate surface area is 213 Å². The number of hydrogen-bond acceptors (Lipinski definition) is 4. The molecule has 0 aliphatic carbocycles. The molecule has 6 nitrogen and oxygen atoms in total. The predicted octanol–water partition coefficient (Wildman–Crippen LogP) is 5.45. The van der Waals surface area contributed by atoms with Gasteiger partial charge in [0.25, 0.3) is 0 Å². The summed E-state index contributed by atoms with van der Waals surface area (Å²) in [4.78, 5) is 15.2. The smallest absolute Gasteiger partial charge is 0.213 e. The summed E-state index contributed by atoms with van der Waals surface area (Å²) >= 11 is 0. The summed E-state index contributed by atoms with van der Waals surface area (Å²) in [7, 11) is -3.19. The standard InChI is InChI=1S/C28H36FN3O3S/c1-4-19(3)15-30-16-20-10-22(13-25(29)11-20)23-12-24(18-33)28-26(14-23)27(17-31-28)21-6-8-32(9-7-21)36(34,35)5-2/h10-14,17-19,21,30-31H,4-9,15-16H2,1-3H3/t19-/m0/s1. The first-order chi connectivity index (χ1) is 17.2. The molecule has 1 aliphatic heterocycles. The summed E-state index contributed by atoms with van der Waals surface area (Å²) in [6.45, 7) is 8.43. The lowest BCUT2D eigenvalue weighted by molar-refractivity contribution is 0.112. The van der Waals surface area contributed by atoms with Gasteiger partial charge in [0.05, 0.1) is 11.3 Å². The van der Waals surface area contributed by atoms with E-state index in [4.69, 9.17) is 0 Å². The minimum Gasteiger partial charge on any atom is -0.360 e. The van der Waals surface area contributed by atoms with Gasteiger partial charge in [-0.05, 0) is 90.7 Å². The number of halogens is 1. The van der Waals surface area contributed by atoms with Crippen molar-refractivity contribution in [1.29, 1.82) is 0 Å². The summed E-state index contributed by atoms with van der Waals surface area (Å²) in [5.41, 5.74) is 4.75. The van der Waals surface area contributed by atoms with Crippen LogP contribution in [0.1, 0.15) is 67.4 Å². The van der Waals surface area contributed by atoms with Gasteiger partial charge in [-0.3, -0.25) is 4.79 Å². The summed E-state index contributed by atoms with van der Waals surface area (Å²) in [6.07, 6.45) is 5.29. The first-order valence-electron chi connectivity index (χ1n) is 12.8. The Morgan fingerprint density at radius 2 is 1.86 bits per heavy atom. The van der Waals surface area contributed by atoms with E-state index in [-0.39, 0.29) is 17.5 Å². The molecule has 1 aliphatic rings. The molecule has 0 amide bonds. The number of carbonyl (C=O) groups excluding carboxylic acids is 1. The number of aldehydes is 1. The molecule has 0 saturated carbocycles. The number of carbonyl (C=O) groups is 1. The Morgan fingerprint density at radius 1 is 1.14 bits per heavy atom. The molecule has 2 heterocycles. The van der Waals surface area contributed by atoms with E-state index in [2.05, 4.69) is 24.1 Å². The molecule has 0 spiro atoms. The first-order valence-corrected chi connectivity index (χ1v) is 14.4. The van der Waals surface area contributed by atoms with Gasteiger partial charge in [-0.25, -0.2) is 17.1 Å². The molecule has 1 fully saturated rings. The predicted molar refractivity (Wildman–Crippen MR) is 143 cm³/mol. The van der Waals surface area contributed by atoms with Gasteiger partial charge < -0.3 is 10.3 Å². The molecule has 1 atom stereocenters. The minimum absolute atomic E-state index is 0.111. The average molecular weight is 514 g/mol. The number of fused-ring (bicyclic) bond motifs is 1. The van der Waals surface area contributed by atoms with Crippen LogP contribution >= 0.6 is 0 Å². The maximum atomic E-state index is 14.6. The van der Waals surface area contributed by atoms with Crippen molar-refractivity contribution < 1.29 is 17.6 Å². The molecule has 3 aromatic rings. The molecule has 1 aromatic heterocycles. The maximum absolute atomic E-state index is 14.6. The molecule has 2 aromatic carbocycles. The second kappa shape index (κ2) is 11.2. The van der Waals surface area contributed by atoms with Crippen LogP contribution in [0.5, 0.6) is 0 Å². The third kappa shape index (κ3) is 5.71. The lowest BCUT2D eigenvalue weighted by atomic mass is 9.88. The lowest BCUT2D eigenvalue weighted by Gasteiger charge is -2.31. The Morgan fingerprint density at radius 3 is 2.53 bits per heavy atom. The molecule has 8 heteroatoms. The van der Waals surface area contributed by atoms with Gasteiger partial charge in [0.2, 0.25) is 10.0 Å². The zero-order valence-corrected chi connectivity index (χ0v) is 22.1. The fourth-order valence-electron chi connectivity index (χ4n) is 5.03. The van der Waals surface area contributed by atoms with Gasteiger partial charge >= 0.3 is 0 Å². The van der Waals surface area contributed by atoms with Crippen molar-refractivity contribution in [2.45, 2.75) is 52.5 Å². The topological polar surface area (TPSA) is 82.3 Å². The zero-order chi connectivity index (χ0) is 25.9. The van der Waals surface area contributed by atoms with Crippen molar-refractivity contribution in [3.63, 3.8) is 0 Å². The summed E-state index contributed by atoms with van der Waals surface area (Å²) < 4.78 is 40.7. The molecule has 2 N–H and O–H groups in total. The fourth-order valence-corrected chi connectivity index (χ4v) is 6.16. The average Bonchev–Trinajstić information content (AvgIpc) is 3.32. The molecular formula is C28H36FN3O3S. The van der Waals surface area contributed by atoms with E-state index in [0.717, 1.165) is 65.3 Å². The molecular weight excluding hydrogens is 477 g/mol. The minimum atomic E-state index is -3.19. The zero-order valence-electron chi connectivity index (χ0n) is 21.3. The van der Waals surface area contributed by atoms with Crippen LogP contribution in [0.25, 0.3) is 22.0 Å². The van der Waals surface area contributed by atoms with Gasteiger partial charge in [0.15, 0.2) is 6.29 Å². The number of rotatable bonds is 10. The summed E-state index contributed by atoms with van der Waals surface area (Å²) in [6, 6.07) is 8.86. The molecule has 194 valence electrons. The Balaban J connectivity index is 1.64. The number of nitrogens with zero attached hydrogens (tertiary/aromatic N) is 1. The van der Waals surface area contributed by atoms with Crippen LogP contribution in [0.4, 0.5) is 4.39 Å². The second-order valence-electron chi connectivity index (χ2n) is 9.92. The molecule has 4 rings (SSSR count). The maximum Gasteiger partial charge on any atom is 0.213 e. The van der Waals surface area contributed by atoms with Crippen LogP contribution in [0.2, 0.25) is 0 Å². The molecule has 1 saturated heterocycles. The third-order valence-electron chi connectivity index (χ3n) is 7.44. The number of benzene rings is 2. The van der Waals surface area contributed by atoms with Crippen LogP contribution in [0.15, 0.2) is 36.5 Å². The molecule has 0 radical (unpaired) electrons. The highest BCUT2D eigenvalue weighted by Gasteiger charge is 2.29. The highest BCUT2D eigenvalue weighted by Crippen LogP contribution is 2.37. The monoisotopic (exact) mass is 513 g/mol. The third-order valence-corrected chi connectivity index (χ3v) is 9.32. The highest BCUT2D eigenvalue weighted by molar-refractivity contribution is 7.89. The van der Waals surface area contributed by atoms with E-state index < -0.39 is 10.0 Å². The number of nitrogens with one attached hydrogen (secondary N) is 2. The van der Waals surface area contributed by atoms with Crippen LogP contribution in [0.3, 0.4) is 0 Å². The van der Waals surface area contributed by atoms with Crippen LogP contribution < -0.4 is 5.32 Å². The number of sulfonamides is 1. The van der Waals surface area contributed by atoms with Crippen molar-refractivity contribution in [1.82, 2.24) is 14.6 Å². The van der Waals surface area contributed by atoms with Crippen molar-refractivity contribution in [3.8, 4) is 11.1 Å². The van der Waals surface area contributed by atoms with Crippen molar-refractivity contribution in [2.24, 2.45) is 5.92 Å². The second-order valence-corrected chi connectivity index (χ2v) is 12.2. The normalized spacial score (nSPS) is 16.4. The number of H-pyrrole nitrogens is 1. The lowest BCUT2D eigenvalue weighted by Crippen LogP contribution is -2.38. The van der Waals surface area contributed by atoms with E-state index in [1.54, 1.807) is 23.4 Å². The van der Waals surface area contributed by atoms with E-state index in [1.165, 1.54) is 6.07 Å². The first kappa shape index (κ1) is 26.5. The van der Waals surface area contributed by atoms with Crippen LogP contribution in [0, 0.1) is 11.7 Å². The summed E-state index contributed by atoms with van der Waals surface area (Å²) in [5.74, 6) is 0.542. The largest absolute Gasteiger partial charge is 0.360 e. The number of aromatic nitrogens is 1. The van der Waals surface area contributed by atoms with E-state index in [0.29, 0.717) is 31.1 Å². The Kier molecular flexibility index (Phi) is 8.27. The number of aromatic amines is 1. The quantitative estimate of drug-likeness (QED) is 0.353.